The Morgan fingerprint density at radius 1 is 1.38 bits per heavy atom. The Hall–Kier alpha value is -1.12. The van der Waals surface area contributed by atoms with E-state index >= 15 is 0 Å². The predicted molar refractivity (Wildman–Crippen MR) is 64.1 cm³/mol. The van der Waals surface area contributed by atoms with E-state index in [2.05, 4.69) is 0 Å². The summed E-state index contributed by atoms with van der Waals surface area (Å²) in [7, 11) is 0. The SMILES string of the molecule is C/C=C/C(=O)N(C(C)C)C1(C(=O)CC)CC1. The Kier molecular flexibility index (Phi) is 3.89. The number of Topliss-reactive ketones (excluding diaryl/α,β-unsaturated/α-hetero) is 1. The van der Waals surface area contributed by atoms with Crippen molar-refractivity contribution in [2.75, 3.05) is 0 Å². The van der Waals surface area contributed by atoms with Crippen molar-refractivity contribution in [2.45, 2.75) is 58.5 Å². The van der Waals surface area contributed by atoms with E-state index in [4.69, 9.17) is 0 Å². The molecule has 1 aliphatic rings. The van der Waals surface area contributed by atoms with Crippen molar-refractivity contribution in [1.29, 1.82) is 0 Å². The average Bonchev–Trinajstić information content (AvgIpc) is 2.98. The number of nitrogens with zero attached hydrogens (tertiary/aromatic N) is 1. The van der Waals surface area contributed by atoms with Crippen LogP contribution in [0.15, 0.2) is 12.2 Å². The van der Waals surface area contributed by atoms with E-state index in [0.29, 0.717) is 6.42 Å². The molecule has 90 valence electrons. The van der Waals surface area contributed by atoms with E-state index in [1.54, 1.807) is 17.1 Å². The van der Waals surface area contributed by atoms with Gasteiger partial charge in [-0.05, 0) is 39.7 Å². The Labute approximate surface area is 97.5 Å². The number of allylic oxidation sites excluding steroid dienone is 1. The van der Waals surface area contributed by atoms with Gasteiger partial charge < -0.3 is 4.90 Å². The minimum absolute atomic E-state index is 0.0446. The van der Waals surface area contributed by atoms with Crippen LogP contribution in [0.4, 0.5) is 0 Å². The van der Waals surface area contributed by atoms with Crippen LogP contribution in [0.5, 0.6) is 0 Å². The Morgan fingerprint density at radius 3 is 2.25 bits per heavy atom. The van der Waals surface area contributed by atoms with Crippen LogP contribution in [-0.4, -0.2) is 28.2 Å². The van der Waals surface area contributed by atoms with Crippen LogP contribution in [0.1, 0.15) is 47.0 Å². The molecule has 0 bridgehead atoms. The number of hydrogen-bond donors (Lipinski definition) is 0. The van der Waals surface area contributed by atoms with Crippen molar-refractivity contribution in [1.82, 2.24) is 4.90 Å². The lowest BCUT2D eigenvalue weighted by atomic mass is 10.0. The van der Waals surface area contributed by atoms with Gasteiger partial charge in [0.15, 0.2) is 5.78 Å². The lowest BCUT2D eigenvalue weighted by Gasteiger charge is -2.33. The summed E-state index contributed by atoms with van der Waals surface area (Å²) < 4.78 is 0. The zero-order valence-corrected chi connectivity index (χ0v) is 10.6. The van der Waals surface area contributed by atoms with Gasteiger partial charge in [0.05, 0.1) is 0 Å². The minimum Gasteiger partial charge on any atom is -0.324 e. The number of carbonyl (C=O) groups is 2. The van der Waals surface area contributed by atoms with Gasteiger partial charge in [-0.25, -0.2) is 0 Å². The highest BCUT2D eigenvalue weighted by atomic mass is 16.2. The molecule has 0 aliphatic heterocycles. The number of rotatable bonds is 5. The first-order valence-electron chi connectivity index (χ1n) is 5.99. The Balaban J connectivity index is 2.95. The number of ketones is 1. The van der Waals surface area contributed by atoms with Gasteiger partial charge in [0.2, 0.25) is 5.91 Å². The molecule has 0 spiro atoms. The summed E-state index contributed by atoms with van der Waals surface area (Å²) in [4.78, 5) is 25.7. The molecule has 0 N–H and O–H groups in total. The zero-order chi connectivity index (χ0) is 12.3. The van der Waals surface area contributed by atoms with Crippen molar-refractivity contribution >= 4 is 11.7 Å². The molecule has 3 heteroatoms. The quantitative estimate of drug-likeness (QED) is 0.671. The molecule has 0 aromatic heterocycles. The first kappa shape index (κ1) is 12.9. The van der Waals surface area contributed by atoms with Gasteiger partial charge in [-0.1, -0.05) is 13.0 Å². The molecule has 1 rings (SSSR count). The maximum atomic E-state index is 12.0. The molecule has 0 unspecified atom stereocenters. The second-order valence-electron chi connectivity index (χ2n) is 4.61. The first-order chi connectivity index (χ1) is 7.49. The van der Waals surface area contributed by atoms with Crippen molar-refractivity contribution in [2.24, 2.45) is 0 Å². The molecule has 0 atom stereocenters. The van der Waals surface area contributed by atoms with Crippen LogP contribution in [0.2, 0.25) is 0 Å². The molecule has 16 heavy (non-hydrogen) atoms. The Morgan fingerprint density at radius 2 is 1.94 bits per heavy atom. The van der Waals surface area contributed by atoms with E-state index < -0.39 is 5.54 Å². The topological polar surface area (TPSA) is 37.4 Å². The van der Waals surface area contributed by atoms with Crippen LogP contribution in [0.3, 0.4) is 0 Å². The second-order valence-corrected chi connectivity index (χ2v) is 4.61. The maximum Gasteiger partial charge on any atom is 0.247 e. The molecule has 1 amide bonds. The van der Waals surface area contributed by atoms with Gasteiger partial charge in [-0.2, -0.15) is 0 Å². The lowest BCUT2D eigenvalue weighted by molar-refractivity contribution is -0.139. The normalized spacial score (nSPS) is 17.8. The molecule has 0 heterocycles. The van der Waals surface area contributed by atoms with Gasteiger partial charge >= 0.3 is 0 Å². The third-order valence-corrected chi connectivity index (χ3v) is 3.09. The monoisotopic (exact) mass is 223 g/mol. The van der Waals surface area contributed by atoms with Gasteiger partial charge in [0.25, 0.3) is 0 Å². The molecule has 0 aromatic rings. The highest BCUT2D eigenvalue weighted by molar-refractivity contribution is 5.98. The van der Waals surface area contributed by atoms with Crippen LogP contribution in [0.25, 0.3) is 0 Å². The number of carbonyl (C=O) groups excluding carboxylic acids is 2. The summed E-state index contributed by atoms with van der Waals surface area (Å²) in [6, 6.07) is 0.0710. The van der Waals surface area contributed by atoms with Gasteiger partial charge in [-0.3, -0.25) is 9.59 Å². The third-order valence-electron chi connectivity index (χ3n) is 3.09. The molecule has 1 fully saturated rings. The minimum atomic E-state index is -0.487. The largest absolute Gasteiger partial charge is 0.324 e. The predicted octanol–water partition coefficient (Wildman–Crippen LogP) is 2.31. The highest BCUT2D eigenvalue weighted by Gasteiger charge is 2.55. The molecule has 0 aromatic carbocycles. The first-order valence-corrected chi connectivity index (χ1v) is 5.99. The smallest absolute Gasteiger partial charge is 0.247 e. The fraction of sp³-hybridized carbons (Fsp3) is 0.692. The van der Waals surface area contributed by atoms with Crippen LogP contribution in [-0.2, 0) is 9.59 Å². The summed E-state index contributed by atoms with van der Waals surface area (Å²) in [5.41, 5.74) is -0.487. The van der Waals surface area contributed by atoms with E-state index in [0.717, 1.165) is 12.8 Å². The molecule has 1 saturated carbocycles. The van der Waals surface area contributed by atoms with Crippen LogP contribution < -0.4 is 0 Å². The molecular weight excluding hydrogens is 202 g/mol. The summed E-state index contributed by atoms with van der Waals surface area (Å²) in [5, 5.41) is 0. The van der Waals surface area contributed by atoms with Crippen molar-refractivity contribution < 1.29 is 9.59 Å². The summed E-state index contributed by atoms with van der Waals surface area (Å²) in [6.07, 6.45) is 5.42. The fourth-order valence-corrected chi connectivity index (χ4v) is 2.28. The summed E-state index contributed by atoms with van der Waals surface area (Å²) >= 11 is 0. The van der Waals surface area contributed by atoms with E-state index in [9.17, 15) is 9.59 Å². The van der Waals surface area contributed by atoms with Crippen molar-refractivity contribution in [3.8, 4) is 0 Å². The average molecular weight is 223 g/mol. The fourth-order valence-electron chi connectivity index (χ4n) is 2.28. The standard InChI is InChI=1S/C13H21NO2/c1-5-7-12(16)14(10(3)4)13(8-9-13)11(15)6-2/h5,7,10H,6,8-9H2,1-4H3/b7-5+. The third kappa shape index (κ3) is 2.18. The Bertz CT molecular complexity index is 314. The second kappa shape index (κ2) is 4.81. The van der Waals surface area contributed by atoms with E-state index in [1.165, 1.54) is 0 Å². The lowest BCUT2D eigenvalue weighted by Crippen LogP contribution is -2.50. The molecular formula is C13H21NO2. The molecule has 3 nitrogen and oxygen atoms in total. The molecule has 0 radical (unpaired) electrons. The van der Waals surface area contributed by atoms with Gasteiger partial charge in [-0.15, -0.1) is 0 Å². The summed E-state index contributed by atoms with van der Waals surface area (Å²) in [5.74, 6) is 0.149. The van der Waals surface area contributed by atoms with Crippen LogP contribution in [0, 0.1) is 0 Å². The van der Waals surface area contributed by atoms with Gasteiger partial charge in [0, 0.05) is 12.5 Å². The molecule has 1 aliphatic carbocycles. The highest BCUT2D eigenvalue weighted by Crippen LogP contribution is 2.44. The van der Waals surface area contributed by atoms with Crippen LogP contribution >= 0.6 is 0 Å². The maximum absolute atomic E-state index is 12.0. The zero-order valence-electron chi connectivity index (χ0n) is 10.6. The number of hydrogen-bond acceptors (Lipinski definition) is 2. The molecule has 0 saturated heterocycles. The van der Waals surface area contributed by atoms with Crippen molar-refractivity contribution in [3.63, 3.8) is 0 Å². The van der Waals surface area contributed by atoms with Crippen molar-refractivity contribution in [3.05, 3.63) is 12.2 Å². The number of amides is 1. The van der Waals surface area contributed by atoms with E-state index in [1.807, 2.05) is 27.7 Å². The summed E-state index contributed by atoms with van der Waals surface area (Å²) in [6.45, 7) is 7.60. The van der Waals surface area contributed by atoms with E-state index in [-0.39, 0.29) is 17.7 Å². The van der Waals surface area contributed by atoms with Gasteiger partial charge in [0.1, 0.15) is 5.54 Å².